The van der Waals surface area contributed by atoms with E-state index in [4.69, 9.17) is 11.6 Å². The highest BCUT2D eigenvalue weighted by Gasteiger charge is 2.26. The summed E-state index contributed by atoms with van der Waals surface area (Å²) >= 11 is 7.66. The van der Waals surface area contributed by atoms with Crippen molar-refractivity contribution in [1.29, 1.82) is 0 Å². The Morgan fingerprint density at radius 3 is 2.63 bits per heavy atom. The second-order valence-electron chi connectivity index (χ2n) is 5.05. The normalized spacial score (nSPS) is 20.5. The van der Waals surface area contributed by atoms with Crippen LogP contribution in [0, 0.1) is 5.92 Å². The van der Waals surface area contributed by atoms with Gasteiger partial charge in [0.15, 0.2) is 0 Å². The Morgan fingerprint density at radius 1 is 1.42 bits per heavy atom. The number of nitrogens with one attached hydrogen (secondary N) is 2. The lowest BCUT2D eigenvalue weighted by Crippen LogP contribution is -2.44. The van der Waals surface area contributed by atoms with E-state index >= 15 is 0 Å². The molecule has 1 fully saturated rings. The zero-order valence-corrected chi connectivity index (χ0v) is 12.7. The molecular weight excluding hydrogens is 280 g/mol. The van der Waals surface area contributed by atoms with Crippen LogP contribution in [0.25, 0.3) is 0 Å². The molecule has 2 rings (SSSR count). The first-order valence-electron chi connectivity index (χ1n) is 6.45. The first-order chi connectivity index (χ1) is 9.08. The van der Waals surface area contributed by atoms with Gasteiger partial charge in [-0.3, -0.25) is 10.1 Å². The largest absolute Gasteiger partial charge is 0.348 e. The number of carbonyl (C=O) groups is 1. The van der Waals surface area contributed by atoms with Gasteiger partial charge < -0.3 is 5.32 Å². The third kappa shape index (κ3) is 3.88. The SMILES string of the molecule is CC(C)C(NC(=O)C1CSCN1)c1ccc(Cl)cc1. The summed E-state index contributed by atoms with van der Waals surface area (Å²) in [6.07, 6.45) is 0. The predicted octanol–water partition coefficient (Wildman–Crippen LogP) is 2.82. The number of hydrogen-bond acceptors (Lipinski definition) is 3. The molecule has 0 saturated carbocycles. The van der Waals surface area contributed by atoms with E-state index in [0.717, 1.165) is 17.2 Å². The fraction of sp³-hybridized carbons (Fsp3) is 0.500. The molecule has 104 valence electrons. The lowest BCUT2D eigenvalue weighted by atomic mass is 9.96. The van der Waals surface area contributed by atoms with Crippen LogP contribution < -0.4 is 10.6 Å². The van der Waals surface area contributed by atoms with Gasteiger partial charge in [0.05, 0.1) is 12.1 Å². The third-order valence-electron chi connectivity index (χ3n) is 3.23. The van der Waals surface area contributed by atoms with Crippen molar-refractivity contribution in [2.75, 3.05) is 11.6 Å². The molecule has 1 aliphatic heterocycles. The summed E-state index contributed by atoms with van der Waals surface area (Å²) in [7, 11) is 0. The number of rotatable bonds is 4. The quantitative estimate of drug-likeness (QED) is 0.898. The van der Waals surface area contributed by atoms with Crippen LogP contribution in [0.4, 0.5) is 0 Å². The van der Waals surface area contributed by atoms with Gasteiger partial charge in [-0.1, -0.05) is 37.6 Å². The highest BCUT2D eigenvalue weighted by molar-refractivity contribution is 7.99. The minimum Gasteiger partial charge on any atom is -0.348 e. The van der Waals surface area contributed by atoms with Crippen LogP contribution in [0.3, 0.4) is 0 Å². The van der Waals surface area contributed by atoms with Crippen molar-refractivity contribution in [1.82, 2.24) is 10.6 Å². The predicted molar refractivity (Wildman–Crippen MR) is 81.4 cm³/mol. The molecule has 0 aromatic heterocycles. The molecule has 5 heteroatoms. The lowest BCUT2D eigenvalue weighted by Gasteiger charge is -2.24. The molecule has 2 N–H and O–H groups in total. The van der Waals surface area contributed by atoms with Crippen LogP contribution in [0.2, 0.25) is 5.02 Å². The Balaban J connectivity index is 2.07. The molecule has 0 radical (unpaired) electrons. The second kappa shape index (κ2) is 6.64. The standard InChI is InChI=1S/C14H19ClN2OS/c1-9(2)13(10-3-5-11(15)6-4-10)17-14(18)12-7-19-8-16-12/h3-6,9,12-13,16H,7-8H2,1-2H3,(H,17,18). The fourth-order valence-electron chi connectivity index (χ4n) is 2.12. The first-order valence-corrected chi connectivity index (χ1v) is 7.98. The molecule has 2 atom stereocenters. The molecule has 0 aliphatic carbocycles. The number of benzene rings is 1. The van der Waals surface area contributed by atoms with E-state index in [9.17, 15) is 4.79 Å². The Hall–Kier alpha value is -0.710. The van der Waals surface area contributed by atoms with E-state index in [1.165, 1.54) is 0 Å². The second-order valence-corrected chi connectivity index (χ2v) is 6.52. The van der Waals surface area contributed by atoms with E-state index < -0.39 is 0 Å². The molecule has 3 nitrogen and oxygen atoms in total. The van der Waals surface area contributed by atoms with Crippen LogP contribution in [0.5, 0.6) is 0 Å². The van der Waals surface area contributed by atoms with Gasteiger partial charge >= 0.3 is 0 Å². The zero-order chi connectivity index (χ0) is 13.8. The molecule has 1 aromatic carbocycles. The Kier molecular flexibility index (Phi) is 5.13. The Morgan fingerprint density at radius 2 is 2.11 bits per heavy atom. The molecule has 1 heterocycles. The minimum absolute atomic E-state index is 0.0252. The Labute approximate surface area is 123 Å². The van der Waals surface area contributed by atoms with Crippen molar-refractivity contribution in [2.24, 2.45) is 5.92 Å². The number of hydrogen-bond donors (Lipinski definition) is 2. The summed E-state index contributed by atoms with van der Waals surface area (Å²) in [5.41, 5.74) is 1.10. The minimum atomic E-state index is -0.0708. The molecular formula is C14H19ClN2OS. The number of carbonyl (C=O) groups excluding carboxylic acids is 1. The van der Waals surface area contributed by atoms with Crippen molar-refractivity contribution in [3.8, 4) is 0 Å². The monoisotopic (exact) mass is 298 g/mol. The van der Waals surface area contributed by atoms with E-state index in [0.29, 0.717) is 10.9 Å². The Bertz CT molecular complexity index is 430. The topological polar surface area (TPSA) is 41.1 Å². The van der Waals surface area contributed by atoms with Crippen LogP contribution in [0.1, 0.15) is 25.5 Å². The maximum Gasteiger partial charge on any atom is 0.238 e. The maximum absolute atomic E-state index is 12.2. The van der Waals surface area contributed by atoms with Crippen molar-refractivity contribution < 1.29 is 4.79 Å². The van der Waals surface area contributed by atoms with Crippen molar-refractivity contribution in [3.63, 3.8) is 0 Å². The van der Waals surface area contributed by atoms with E-state index in [2.05, 4.69) is 24.5 Å². The molecule has 1 saturated heterocycles. The van der Waals surface area contributed by atoms with Crippen molar-refractivity contribution in [3.05, 3.63) is 34.9 Å². The first kappa shape index (κ1) is 14.7. The van der Waals surface area contributed by atoms with E-state index in [-0.39, 0.29) is 18.0 Å². The fourth-order valence-corrected chi connectivity index (χ4v) is 3.19. The van der Waals surface area contributed by atoms with Crippen molar-refractivity contribution >= 4 is 29.3 Å². The molecule has 19 heavy (non-hydrogen) atoms. The summed E-state index contributed by atoms with van der Waals surface area (Å²) < 4.78 is 0. The van der Waals surface area contributed by atoms with E-state index in [1.54, 1.807) is 11.8 Å². The maximum atomic E-state index is 12.2. The molecule has 0 spiro atoms. The summed E-state index contributed by atoms with van der Waals surface area (Å²) in [6, 6.07) is 7.63. The molecule has 1 aromatic rings. The smallest absolute Gasteiger partial charge is 0.238 e. The van der Waals surface area contributed by atoms with Crippen LogP contribution in [0.15, 0.2) is 24.3 Å². The number of amides is 1. The average molecular weight is 299 g/mol. The number of halogens is 1. The van der Waals surface area contributed by atoms with Gasteiger partial charge in [0.2, 0.25) is 5.91 Å². The van der Waals surface area contributed by atoms with Gasteiger partial charge in [0.25, 0.3) is 0 Å². The van der Waals surface area contributed by atoms with Gasteiger partial charge in [-0.2, -0.15) is 0 Å². The summed E-state index contributed by atoms with van der Waals surface area (Å²) in [5, 5.41) is 7.04. The van der Waals surface area contributed by atoms with Crippen LogP contribution >= 0.6 is 23.4 Å². The molecule has 1 aliphatic rings. The number of thioether (sulfide) groups is 1. The van der Waals surface area contributed by atoms with Crippen molar-refractivity contribution in [2.45, 2.75) is 25.9 Å². The van der Waals surface area contributed by atoms with E-state index in [1.807, 2.05) is 24.3 Å². The van der Waals surface area contributed by atoms with Crippen LogP contribution in [-0.4, -0.2) is 23.6 Å². The zero-order valence-electron chi connectivity index (χ0n) is 11.2. The summed E-state index contributed by atoms with van der Waals surface area (Å²) in [4.78, 5) is 12.2. The molecule has 0 bridgehead atoms. The summed E-state index contributed by atoms with van der Waals surface area (Å²) in [5.74, 6) is 2.11. The van der Waals surface area contributed by atoms with Gasteiger partial charge in [-0.25, -0.2) is 0 Å². The average Bonchev–Trinajstić information content (AvgIpc) is 2.90. The highest BCUT2D eigenvalue weighted by Crippen LogP contribution is 2.23. The third-order valence-corrected chi connectivity index (χ3v) is 4.42. The van der Waals surface area contributed by atoms with Gasteiger partial charge in [-0.05, 0) is 23.6 Å². The van der Waals surface area contributed by atoms with Gasteiger partial charge in [0.1, 0.15) is 0 Å². The summed E-state index contributed by atoms with van der Waals surface area (Å²) in [6.45, 7) is 4.22. The lowest BCUT2D eigenvalue weighted by molar-refractivity contribution is -0.123. The molecule has 2 unspecified atom stereocenters. The highest BCUT2D eigenvalue weighted by atomic mass is 35.5. The van der Waals surface area contributed by atoms with Gasteiger partial charge in [0, 0.05) is 16.7 Å². The van der Waals surface area contributed by atoms with Crippen LogP contribution in [-0.2, 0) is 4.79 Å². The van der Waals surface area contributed by atoms with Gasteiger partial charge in [-0.15, -0.1) is 11.8 Å². The molecule has 1 amide bonds.